The van der Waals surface area contributed by atoms with Gasteiger partial charge in [0.1, 0.15) is 6.04 Å². The summed E-state index contributed by atoms with van der Waals surface area (Å²) >= 11 is 5.98. The third kappa shape index (κ3) is 6.64. The molecule has 0 saturated carbocycles. The molecule has 3 unspecified atom stereocenters. The first kappa shape index (κ1) is 22.5. The van der Waals surface area contributed by atoms with Crippen LogP contribution in [0.1, 0.15) is 24.4 Å². The van der Waals surface area contributed by atoms with E-state index in [1.54, 1.807) is 12.1 Å². The zero-order valence-corrected chi connectivity index (χ0v) is 17.7. The van der Waals surface area contributed by atoms with Crippen LogP contribution in [-0.2, 0) is 19.0 Å². The Morgan fingerprint density at radius 3 is 2.62 bits per heavy atom. The molecule has 0 radical (unpaired) electrons. The number of ether oxygens (including phenoxy) is 3. The summed E-state index contributed by atoms with van der Waals surface area (Å²) < 4.78 is 16.2. The Morgan fingerprint density at radius 2 is 2.00 bits per heavy atom. The van der Waals surface area contributed by atoms with Gasteiger partial charge in [0, 0.05) is 44.4 Å². The van der Waals surface area contributed by atoms with E-state index in [4.69, 9.17) is 25.8 Å². The third-order valence-electron chi connectivity index (χ3n) is 5.49. The van der Waals surface area contributed by atoms with E-state index in [-0.39, 0.29) is 12.1 Å². The molecule has 0 amide bonds. The minimum absolute atomic E-state index is 0.175. The first-order valence-corrected chi connectivity index (χ1v) is 10.6. The number of halogens is 1. The van der Waals surface area contributed by atoms with Crippen LogP contribution in [0.25, 0.3) is 0 Å². The molecule has 8 heteroatoms. The Balaban J connectivity index is 1.45. The van der Waals surface area contributed by atoms with Gasteiger partial charge >= 0.3 is 5.97 Å². The van der Waals surface area contributed by atoms with Crippen molar-refractivity contribution in [1.29, 1.82) is 0 Å². The molecule has 2 aliphatic heterocycles. The van der Waals surface area contributed by atoms with Crippen LogP contribution in [0.5, 0.6) is 0 Å². The van der Waals surface area contributed by atoms with Crippen molar-refractivity contribution < 1.29 is 24.1 Å². The van der Waals surface area contributed by atoms with Gasteiger partial charge in [-0.1, -0.05) is 23.7 Å². The predicted octanol–water partition coefficient (Wildman–Crippen LogP) is 1.73. The predicted molar refractivity (Wildman–Crippen MR) is 110 cm³/mol. The largest absolute Gasteiger partial charge is 0.468 e. The molecule has 2 fully saturated rings. The van der Waals surface area contributed by atoms with Crippen molar-refractivity contribution >= 4 is 17.6 Å². The maximum Gasteiger partial charge on any atom is 0.327 e. The van der Waals surface area contributed by atoms with Crippen molar-refractivity contribution in [2.75, 3.05) is 59.7 Å². The fourth-order valence-corrected chi connectivity index (χ4v) is 4.04. The molecule has 1 N–H and O–H groups in total. The van der Waals surface area contributed by atoms with E-state index >= 15 is 0 Å². The van der Waals surface area contributed by atoms with E-state index in [9.17, 15) is 9.90 Å². The SMILES string of the molecule is COC(=O)C(c1ccc(Cl)cc1)N1CCN(CC(O)COCC2CCCO2)CC1. The molecular weight excluding hydrogens is 396 g/mol. The molecular formula is C21H31ClN2O5. The minimum Gasteiger partial charge on any atom is -0.468 e. The van der Waals surface area contributed by atoms with Crippen LogP contribution in [-0.4, -0.2) is 92.7 Å². The average molecular weight is 427 g/mol. The van der Waals surface area contributed by atoms with Crippen LogP contribution in [0.2, 0.25) is 5.02 Å². The summed E-state index contributed by atoms with van der Waals surface area (Å²) in [6.45, 7) is 5.19. The molecule has 2 heterocycles. The highest BCUT2D eigenvalue weighted by molar-refractivity contribution is 6.30. The first-order valence-electron chi connectivity index (χ1n) is 10.2. The van der Waals surface area contributed by atoms with Crippen molar-refractivity contribution in [2.24, 2.45) is 0 Å². The van der Waals surface area contributed by atoms with Gasteiger partial charge in [-0.2, -0.15) is 0 Å². The third-order valence-corrected chi connectivity index (χ3v) is 5.74. The number of aliphatic hydroxyl groups is 1. The monoisotopic (exact) mass is 426 g/mol. The van der Waals surface area contributed by atoms with Gasteiger partial charge in [0.05, 0.1) is 32.5 Å². The normalized spacial score (nSPS) is 23.1. The molecule has 7 nitrogen and oxygen atoms in total. The lowest BCUT2D eigenvalue weighted by Gasteiger charge is -2.38. The van der Waals surface area contributed by atoms with E-state index in [1.165, 1.54) is 7.11 Å². The minimum atomic E-state index is -0.532. The topological polar surface area (TPSA) is 71.5 Å². The summed E-state index contributed by atoms with van der Waals surface area (Å²) in [4.78, 5) is 16.7. The first-order chi connectivity index (χ1) is 14.1. The summed E-state index contributed by atoms with van der Waals surface area (Å²) in [5, 5.41) is 10.9. The van der Waals surface area contributed by atoms with Crippen molar-refractivity contribution in [1.82, 2.24) is 9.80 Å². The summed E-state index contributed by atoms with van der Waals surface area (Å²) in [5.74, 6) is -0.275. The van der Waals surface area contributed by atoms with Crippen molar-refractivity contribution in [3.63, 3.8) is 0 Å². The van der Waals surface area contributed by atoms with Gasteiger partial charge in [0.2, 0.25) is 0 Å². The average Bonchev–Trinajstić information content (AvgIpc) is 3.24. The number of nitrogens with zero attached hydrogens (tertiary/aromatic N) is 2. The summed E-state index contributed by atoms with van der Waals surface area (Å²) in [6.07, 6.45) is 1.76. The molecule has 2 saturated heterocycles. The molecule has 0 aromatic heterocycles. The smallest absolute Gasteiger partial charge is 0.327 e. The molecule has 0 bridgehead atoms. The summed E-state index contributed by atoms with van der Waals surface area (Å²) in [7, 11) is 1.41. The zero-order chi connectivity index (χ0) is 20.6. The number of hydrogen-bond donors (Lipinski definition) is 1. The molecule has 3 atom stereocenters. The number of esters is 1. The van der Waals surface area contributed by atoms with Crippen LogP contribution in [0.4, 0.5) is 0 Å². The lowest BCUT2D eigenvalue weighted by Crippen LogP contribution is -2.51. The molecule has 29 heavy (non-hydrogen) atoms. The Labute approximate surface area is 177 Å². The quantitative estimate of drug-likeness (QED) is 0.603. The van der Waals surface area contributed by atoms with Crippen LogP contribution >= 0.6 is 11.6 Å². The maximum absolute atomic E-state index is 12.4. The van der Waals surface area contributed by atoms with E-state index in [0.717, 1.165) is 38.1 Å². The Kier molecular flexibility index (Phi) is 8.71. The van der Waals surface area contributed by atoms with E-state index < -0.39 is 12.1 Å². The fraction of sp³-hybridized carbons (Fsp3) is 0.667. The highest BCUT2D eigenvalue weighted by atomic mass is 35.5. The van der Waals surface area contributed by atoms with E-state index in [1.807, 2.05) is 12.1 Å². The van der Waals surface area contributed by atoms with Crippen molar-refractivity contribution in [3.05, 3.63) is 34.9 Å². The van der Waals surface area contributed by atoms with Crippen LogP contribution < -0.4 is 0 Å². The lowest BCUT2D eigenvalue weighted by atomic mass is 10.0. The molecule has 1 aromatic carbocycles. The van der Waals surface area contributed by atoms with Crippen LogP contribution in [0, 0.1) is 0 Å². The van der Waals surface area contributed by atoms with E-state index in [0.29, 0.717) is 37.9 Å². The second-order valence-corrected chi connectivity index (χ2v) is 8.08. The highest BCUT2D eigenvalue weighted by Crippen LogP contribution is 2.25. The number of benzene rings is 1. The van der Waals surface area contributed by atoms with E-state index in [2.05, 4.69) is 9.80 Å². The molecule has 3 rings (SSSR count). The standard InChI is InChI=1S/C21H31ClN2O5/c1-27-21(26)20(16-4-6-17(22)7-5-16)24-10-8-23(9-11-24)13-18(25)14-28-15-19-3-2-12-29-19/h4-7,18-20,25H,2-3,8-15H2,1H3. The van der Waals surface area contributed by atoms with Crippen LogP contribution in [0.15, 0.2) is 24.3 Å². The van der Waals surface area contributed by atoms with Gasteiger partial charge in [-0.05, 0) is 30.5 Å². The fourth-order valence-electron chi connectivity index (χ4n) is 3.92. The van der Waals surface area contributed by atoms with Crippen molar-refractivity contribution in [2.45, 2.75) is 31.1 Å². The van der Waals surface area contributed by atoms with Gasteiger partial charge in [-0.25, -0.2) is 4.79 Å². The van der Waals surface area contributed by atoms with Gasteiger partial charge < -0.3 is 19.3 Å². The summed E-state index contributed by atoms with van der Waals surface area (Å²) in [6, 6.07) is 6.86. The zero-order valence-electron chi connectivity index (χ0n) is 17.0. The Morgan fingerprint density at radius 1 is 1.28 bits per heavy atom. The maximum atomic E-state index is 12.4. The van der Waals surface area contributed by atoms with Gasteiger partial charge in [0.25, 0.3) is 0 Å². The molecule has 0 spiro atoms. The molecule has 1 aromatic rings. The Bertz CT molecular complexity index is 630. The number of β-amino-alcohol motifs (C(OH)–C–C–N with tert-alkyl or cyclic N) is 1. The molecule has 0 aliphatic carbocycles. The number of piperazine rings is 1. The van der Waals surface area contributed by atoms with Gasteiger partial charge in [-0.3, -0.25) is 9.80 Å². The number of hydrogen-bond acceptors (Lipinski definition) is 7. The van der Waals surface area contributed by atoms with Gasteiger partial charge in [0.15, 0.2) is 0 Å². The Hall–Kier alpha value is -1.22. The van der Waals surface area contributed by atoms with Crippen molar-refractivity contribution in [3.8, 4) is 0 Å². The highest BCUT2D eigenvalue weighted by Gasteiger charge is 2.31. The molecule has 2 aliphatic rings. The molecule has 162 valence electrons. The number of rotatable bonds is 9. The number of aliphatic hydroxyl groups excluding tert-OH is 1. The second kappa shape index (κ2) is 11.2. The summed E-state index contributed by atoms with van der Waals surface area (Å²) in [5.41, 5.74) is 0.872. The number of carbonyl (C=O) groups excluding carboxylic acids is 1. The lowest BCUT2D eigenvalue weighted by molar-refractivity contribution is -0.148. The second-order valence-electron chi connectivity index (χ2n) is 7.64. The van der Waals surface area contributed by atoms with Gasteiger partial charge in [-0.15, -0.1) is 0 Å². The number of methoxy groups -OCH3 is 1. The van der Waals surface area contributed by atoms with Crippen LogP contribution in [0.3, 0.4) is 0 Å². The number of carbonyl (C=O) groups is 1.